The van der Waals surface area contributed by atoms with Crippen molar-refractivity contribution in [3.63, 3.8) is 0 Å². The Kier molecular flexibility index (Phi) is 5.32. The van der Waals surface area contributed by atoms with Crippen molar-refractivity contribution in [1.82, 2.24) is 15.1 Å². The van der Waals surface area contributed by atoms with Crippen LogP contribution in [0.2, 0.25) is 0 Å². The lowest BCUT2D eigenvalue weighted by molar-refractivity contribution is -0.153. The highest BCUT2D eigenvalue weighted by atomic mass is 32.1. The van der Waals surface area contributed by atoms with Crippen LogP contribution in [0.25, 0.3) is 0 Å². The number of hydrogen-bond acceptors (Lipinski definition) is 5. The van der Waals surface area contributed by atoms with Gasteiger partial charge in [-0.05, 0) is 17.9 Å². The highest BCUT2D eigenvalue weighted by Gasteiger charge is 2.37. The third-order valence-corrected chi connectivity index (χ3v) is 4.33. The fraction of sp³-hybridized carbons (Fsp3) is 0.429. The van der Waals surface area contributed by atoms with E-state index in [1.807, 2.05) is 6.92 Å². The first-order valence-corrected chi connectivity index (χ1v) is 8.01. The lowest BCUT2D eigenvalue weighted by Crippen LogP contribution is -2.58. The van der Waals surface area contributed by atoms with E-state index in [-0.39, 0.29) is 13.1 Å². The maximum Gasteiger partial charge on any atom is 0.331 e. The Morgan fingerprint density at radius 1 is 1.35 bits per heavy atom. The van der Waals surface area contributed by atoms with Crippen molar-refractivity contribution >= 4 is 35.2 Å². The van der Waals surface area contributed by atoms with Gasteiger partial charge in [0.2, 0.25) is 0 Å². The maximum atomic E-state index is 12.2. The Bertz CT molecular complexity index is 616. The van der Waals surface area contributed by atoms with Crippen LogP contribution >= 0.6 is 11.3 Å². The van der Waals surface area contributed by atoms with Crippen molar-refractivity contribution in [3.05, 3.63) is 22.4 Å². The van der Waals surface area contributed by atoms with Gasteiger partial charge in [-0.1, -0.05) is 13.0 Å². The third kappa shape index (κ3) is 3.67. The van der Waals surface area contributed by atoms with Gasteiger partial charge in [0.05, 0.1) is 0 Å². The molecule has 8 nitrogen and oxygen atoms in total. The molecular formula is C14H17N3O5S. The number of rotatable bonds is 5. The molecule has 0 spiro atoms. The Morgan fingerprint density at radius 3 is 2.65 bits per heavy atom. The first kappa shape index (κ1) is 16.9. The SMILES string of the molecule is CCCN1CCN(C(=O)NC(C(=O)O)c2cccs2)C(=O)C1=O. The number of aliphatic carboxylic acids is 1. The molecular weight excluding hydrogens is 322 g/mol. The molecule has 124 valence electrons. The molecule has 2 heterocycles. The van der Waals surface area contributed by atoms with Crippen molar-refractivity contribution in [1.29, 1.82) is 0 Å². The van der Waals surface area contributed by atoms with E-state index in [0.29, 0.717) is 17.8 Å². The molecule has 1 aromatic heterocycles. The van der Waals surface area contributed by atoms with Gasteiger partial charge >= 0.3 is 23.8 Å². The molecule has 9 heteroatoms. The highest BCUT2D eigenvalue weighted by molar-refractivity contribution is 7.10. The van der Waals surface area contributed by atoms with Crippen LogP contribution < -0.4 is 5.32 Å². The molecule has 4 amide bonds. The summed E-state index contributed by atoms with van der Waals surface area (Å²) in [5.74, 6) is -2.90. The first-order chi connectivity index (χ1) is 11.0. The van der Waals surface area contributed by atoms with Gasteiger partial charge < -0.3 is 15.3 Å². The standard InChI is InChI=1S/C14H17N3O5S/c1-2-5-16-6-7-17(12(19)11(16)18)14(22)15-10(13(20)21)9-4-3-8-23-9/h3-4,8,10H,2,5-7H2,1H3,(H,15,22)(H,20,21). The van der Waals surface area contributed by atoms with Crippen molar-refractivity contribution in [2.75, 3.05) is 19.6 Å². The predicted octanol–water partition coefficient (Wildman–Crippen LogP) is 0.664. The number of carboxylic acid groups (broad SMARTS) is 1. The normalized spacial score (nSPS) is 16.4. The summed E-state index contributed by atoms with van der Waals surface area (Å²) >= 11 is 1.18. The summed E-state index contributed by atoms with van der Waals surface area (Å²) in [6.07, 6.45) is 0.713. The zero-order chi connectivity index (χ0) is 17.0. The molecule has 0 aromatic carbocycles. The molecule has 0 aliphatic carbocycles. The van der Waals surface area contributed by atoms with Crippen LogP contribution in [0.1, 0.15) is 24.3 Å². The molecule has 23 heavy (non-hydrogen) atoms. The van der Waals surface area contributed by atoms with E-state index >= 15 is 0 Å². The maximum absolute atomic E-state index is 12.2. The van der Waals surface area contributed by atoms with Gasteiger partial charge in [0, 0.05) is 24.5 Å². The molecule has 0 radical (unpaired) electrons. The fourth-order valence-electron chi connectivity index (χ4n) is 2.26. The van der Waals surface area contributed by atoms with E-state index in [1.54, 1.807) is 17.5 Å². The first-order valence-electron chi connectivity index (χ1n) is 7.13. The Morgan fingerprint density at radius 2 is 2.09 bits per heavy atom. The molecule has 1 aliphatic heterocycles. The number of thiophene rings is 1. The number of piperazine rings is 1. The smallest absolute Gasteiger partial charge is 0.331 e. The second-order valence-corrected chi connectivity index (χ2v) is 5.96. The minimum atomic E-state index is -1.25. The van der Waals surface area contributed by atoms with E-state index in [1.165, 1.54) is 16.2 Å². The van der Waals surface area contributed by atoms with Crippen LogP contribution in [-0.2, 0) is 14.4 Å². The molecule has 1 fully saturated rings. The Hall–Kier alpha value is -2.42. The van der Waals surface area contributed by atoms with Gasteiger partial charge in [0.1, 0.15) is 0 Å². The van der Waals surface area contributed by atoms with Crippen molar-refractivity contribution < 1.29 is 24.3 Å². The summed E-state index contributed by atoms with van der Waals surface area (Å²) in [6.45, 7) is 2.64. The van der Waals surface area contributed by atoms with Crippen LogP contribution in [-0.4, -0.2) is 58.4 Å². The van der Waals surface area contributed by atoms with Gasteiger partial charge in [0.25, 0.3) is 0 Å². The fourth-order valence-corrected chi connectivity index (χ4v) is 3.03. The number of imide groups is 1. The summed E-state index contributed by atoms with van der Waals surface area (Å²) in [7, 11) is 0. The van der Waals surface area contributed by atoms with Gasteiger partial charge in [-0.25, -0.2) is 9.59 Å². The van der Waals surface area contributed by atoms with Crippen molar-refractivity contribution in [2.24, 2.45) is 0 Å². The summed E-state index contributed by atoms with van der Waals surface area (Å²) in [6, 6.07) is 1.12. The van der Waals surface area contributed by atoms with Gasteiger partial charge in [0.15, 0.2) is 6.04 Å². The quantitative estimate of drug-likeness (QED) is 0.767. The number of nitrogens with zero attached hydrogens (tertiary/aromatic N) is 2. The lowest BCUT2D eigenvalue weighted by Gasteiger charge is -2.32. The van der Waals surface area contributed by atoms with E-state index < -0.39 is 29.9 Å². The van der Waals surface area contributed by atoms with Crippen molar-refractivity contribution in [3.8, 4) is 0 Å². The summed E-state index contributed by atoms with van der Waals surface area (Å²) in [5, 5.41) is 13.2. The average Bonchev–Trinajstić information content (AvgIpc) is 3.03. The molecule has 1 unspecified atom stereocenters. The number of nitrogens with one attached hydrogen (secondary N) is 1. The van der Waals surface area contributed by atoms with E-state index in [4.69, 9.17) is 0 Å². The zero-order valence-corrected chi connectivity index (χ0v) is 13.3. The van der Waals surface area contributed by atoms with E-state index in [0.717, 1.165) is 4.90 Å². The van der Waals surface area contributed by atoms with Crippen LogP contribution in [0, 0.1) is 0 Å². The second-order valence-electron chi connectivity index (χ2n) is 4.99. The molecule has 2 N–H and O–H groups in total. The molecule has 1 saturated heterocycles. The monoisotopic (exact) mass is 339 g/mol. The van der Waals surface area contributed by atoms with Crippen LogP contribution in [0.15, 0.2) is 17.5 Å². The van der Waals surface area contributed by atoms with Gasteiger partial charge in [-0.15, -0.1) is 11.3 Å². The number of carboxylic acids is 1. The molecule has 0 saturated carbocycles. The third-order valence-electron chi connectivity index (χ3n) is 3.39. The predicted molar refractivity (Wildman–Crippen MR) is 81.8 cm³/mol. The lowest BCUT2D eigenvalue weighted by atomic mass is 10.2. The number of carbonyl (C=O) groups excluding carboxylic acids is 3. The summed E-state index contributed by atoms with van der Waals surface area (Å²) in [5.41, 5.74) is 0. The average molecular weight is 339 g/mol. The van der Waals surface area contributed by atoms with Crippen molar-refractivity contribution in [2.45, 2.75) is 19.4 Å². The summed E-state index contributed by atoms with van der Waals surface area (Å²) < 4.78 is 0. The van der Waals surface area contributed by atoms with Crippen LogP contribution in [0.4, 0.5) is 4.79 Å². The largest absolute Gasteiger partial charge is 0.479 e. The highest BCUT2D eigenvalue weighted by Crippen LogP contribution is 2.20. The molecule has 0 bridgehead atoms. The second kappa shape index (κ2) is 7.23. The van der Waals surface area contributed by atoms with Gasteiger partial charge in [-0.2, -0.15) is 0 Å². The minimum absolute atomic E-state index is 0.0488. The van der Waals surface area contributed by atoms with Crippen LogP contribution in [0.3, 0.4) is 0 Å². The molecule has 1 aromatic rings. The number of hydrogen-bond donors (Lipinski definition) is 2. The van der Waals surface area contributed by atoms with Crippen LogP contribution in [0.5, 0.6) is 0 Å². The summed E-state index contributed by atoms with van der Waals surface area (Å²) in [4.78, 5) is 50.0. The topological polar surface area (TPSA) is 107 Å². The number of carbonyl (C=O) groups is 4. The van der Waals surface area contributed by atoms with Gasteiger partial charge in [-0.3, -0.25) is 14.5 Å². The molecule has 2 rings (SSSR count). The molecule has 1 aliphatic rings. The zero-order valence-electron chi connectivity index (χ0n) is 12.5. The Balaban J connectivity index is 2.07. The van der Waals surface area contributed by atoms with E-state index in [9.17, 15) is 24.3 Å². The molecule has 1 atom stereocenters. The number of urea groups is 1. The number of amides is 4. The van der Waals surface area contributed by atoms with E-state index in [2.05, 4.69) is 5.32 Å². The Labute approximate surface area is 136 Å². The minimum Gasteiger partial charge on any atom is -0.479 e.